The van der Waals surface area contributed by atoms with Gasteiger partial charge in [0.15, 0.2) is 0 Å². The molecule has 3 heterocycles. The van der Waals surface area contributed by atoms with Gasteiger partial charge < -0.3 is 20.3 Å². The van der Waals surface area contributed by atoms with E-state index in [0.717, 1.165) is 13.0 Å². The smallest absolute Gasteiger partial charge is 0.341 e. The number of alkyl halides is 1. The molecule has 0 spiro atoms. The molecule has 5 rings (SSSR count). The van der Waals surface area contributed by atoms with E-state index in [0.29, 0.717) is 29.7 Å². The molecule has 2 aromatic rings. The summed E-state index contributed by atoms with van der Waals surface area (Å²) in [4.78, 5) is 30.6. The molecule has 7 nitrogen and oxygen atoms in total. The Balaban J connectivity index is 1.64. The zero-order valence-electron chi connectivity index (χ0n) is 15.5. The van der Waals surface area contributed by atoms with Crippen LogP contribution >= 0.6 is 11.6 Å². The highest BCUT2D eigenvalue weighted by Crippen LogP contribution is 2.44. The van der Waals surface area contributed by atoms with Crippen molar-refractivity contribution in [2.24, 2.45) is 17.6 Å². The second-order valence-corrected chi connectivity index (χ2v) is 8.51. The molecule has 0 bridgehead atoms. The van der Waals surface area contributed by atoms with Gasteiger partial charge in [-0.15, -0.1) is 0 Å². The number of nitrogens with two attached hydrogens (primary N) is 1. The van der Waals surface area contributed by atoms with Crippen LogP contribution in [0.3, 0.4) is 0 Å². The van der Waals surface area contributed by atoms with Crippen LogP contribution in [0.25, 0.3) is 10.9 Å². The van der Waals surface area contributed by atoms with Gasteiger partial charge in [0.2, 0.25) is 5.43 Å². The van der Waals surface area contributed by atoms with Gasteiger partial charge >= 0.3 is 5.97 Å². The van der Waals surface area contributed by atoms with E-state index >= 15 is 0 Å². The van der Waals surface area contributed by atoms with E-state index in [-0.39, 0.29) is 22.9 Å². The molecule has 3 N–H and O–H groups in total. The number of aromatic nitrogens is 2. The molecule has 29 heavy (non-hydrogen) atoms. The molecule has 0 amide bonds. The van der Waals surface area contributed by atoms with Crippen molar-refractivity contribution in [1.29, 1.82) is 0 Å². The number of carbonyl (C=O) groups is 1. The summed E-state index contributed by atoms with van der Waals surface area (Å²) in [5, 5.41) is 9.71. The number of carboxylic acids is 1. The summed E-state index contributed by atoms with van der Waals surface area (Å²) in [5.41, 5.74) is 5.50. The normalized spacial score (nSPS) is 30.6. The Kier molecular flexibility index (Phi) is 4.18. The van der Waals surface area contributed by atoms with Crippen LogP contribution in [0.5, 0.6) is 0 Å². The van der Waals surface area contributed by atoms with Crippen LogP contribution in [-0.2, 0) is 0 Å². The van der Waals surface area contributed by atoms with Crippen molar-refractivity contribution in [1.82, 2.24) is 9.55 Å². The van der Waals surface area contributed by atoms with Crippen LogP contribution in [0.4, 0.5) is 10.2 Å². The maximum atomic E-state index is 13.9. The Labute approximate surface area is 170 Å². The molecule has 2 aromatic heterocycles. The topological polar surface area (TPSA) is 101 Å². The molecule has 3 aliphatic rings. The molecular weight excluding hydrogens is 399 g/mol. The minimum absolute atomic E-state index is 0.0203. The predicted octanol–water partition coefficient (Wildman–Crippen LogP) is 2.37. The summed E-state index contributed by atoms with van der Waals surface area (Å²) < 4.78 is 15.4. The second kappa shape index (κ2) is 6.53. The van der Waals surface area contributed by atoms with Gasteiger partial charge in [0, 0.05) is 37.9 Å². The van der Waals surface area contributed by atoms with Gasteiger partial charge in [-0.1, -0.05) is 23.8 Å². The average Bonchev–Trinajstić information content (AvgIpc) is 3.23. The zero-order valence-corrected chi connectivity index (χ0v) is 16.2. The fraction of sp³-hybridized carbons (Fsp3) is 0.450. The number of pyridine rings is 2. The number of allylic oxidation sites excluding steroid dienone is 1. The molecule has 1 saturated heterocycles. The summed E-state index contributed by atoms with van der Waals surface area (Å²) in [7, 11) is 0. The maximum absolute atomic E-state index is 13.9. The van der Waals surface area contributed by atoms with Crippen molar-refractivity contribution in [3.8, 4) is 0 Å². The van der Waals surface area contributed by atoms with E-state index in [4.69, 9.17) is 17.3 Å². The van der Waals surface area contributed by atoms with Crippen LogP contribution in [0.15, 0.2) is 29.3 Å². The third kappa shape index (κ3) is 2.85. The first-order valence-corrected chi connectivity index (χ1v) is 10.0. The molecule has 152 valence electrons. The minimum atomic E-state index is -1.35. The molecule has 2 fully saturated rings. The molecule has 1 saturated carbocycles. The number of hydrogen-bond donors (Lipinski definition) is 2. The summed E-state index contributed by atoms with van der Waals surface area (Å²) in [6, 6.07) is -0.546. The van der Waals surface area contributed by atoms with E-state index < -0.39 is 29.2 Å². The third-order valence-corrected chi connectivity index (χ3v) is 6.69. The van der Waals surface area contributed by atoms with Crippen LogP contribution in [-0.4, -0.2) is 45.9 Å². The average molecular weight is 419 g/mol. The standard InChI is InChI=1S/C20H20ClFN4O3/c21-16-17-10(18(27)12(20(28)29)8-26(17)15-4-13(15)22)5-24-19(16)25-6-9-2-1-3-14(23)11(9)7-25/h1,3,5,8-9,11,13-15H,2,4,6-7,23H2,(H,28,29)/t9-,11-,13-,14+,15+/m0/s1. The Hall–Kier alpha value is -2.45. The van der Waals surface area contributed by atoms with Gasteiger partial charge in [-0.25, -0.2) is 14.2 Å². The SMILES string of the molecule is N[C@@H]1C=CC[C@H]2CN(c3ncc4c(=O)c(C(=O)O)cn([C@@H]5C[C@@H]5F)c4c3Cl)C[C@@H]21. The first-order chi connectivity index (χ1) is 13.9. The summed E-state index contributed by atoms with van der Waals surface area (Å²) >= 11 is 6.70. The summed E-state index contributed by atoms with van der Waals surface area (Å²) in [5.74, 6) is -0.136. The van der Waals surface area contributed by atoms with Crippen molar-refractivity contribution >= 4 is 34.3 Å². The predicted molar refractivity (Wildman–Crippen MR) is 107 cm³/mol. The molecule has 0 radical (unpaired) electrons. The molecular formula is C20H20ClFN4O3. The lowest BCUT2D eigenvalue weighted by Gasteiger charge is -2.25. The quantitative estimate of drug-likeness (QED) is 0.742. The summed E-state index contributed by atoms with van der Waals surface area (Å²) in [6.45, 7) is 1.44. The second-order valence-electron chi connectivity index (χ2n) is 8.13. The van der Waals surface area contributed by atoms with E-state index in [1.165, 1.54) is 17.0 Å². The van der Waals surface area contributed by atoms with Crippen LogP contribution < -0.4 is 16.1 Å². The van der Waals surface area contributed by atoms with Crippen molar-refractivity contribution < 1.29 is 14.3 Å². The fourth-order valence-corrected chi connectivity index (χ4v) is 5.04. The number of carboxylic acid groups (broad SMARTS) is 1. The third-order valence-electron chi connectivity index (χ3n) is 6.34. The number of nitrogens with zero attached hydrogens (tertiary/aromatic N) is 3. The van der Waals surface area contributed by atoms with Crippen molar-refractivity contribution in [2.75, 3.05) is 18.0 Å². The highest BCUT2D eigenvalue weighted by Gasteiger charge is 2.42. The Morgan fingerprint density at radius 3 is 2.79 bits per heavy atom. The van der Waals surface area contributed by atoms with E-state index in [1.54, 1.807) is 0 Å². The lowest BCUT2D eigenvalue weighted by Crippen LogP contribution is -2.35. The van der Waals surface area contributed by atoms with Gasteiger partial charge in [-0.3, -0.25) is 4.79 Å². The molecule has 9 heteroatoms. The highest BCUT2D eigenvalue weighted by molar-refractivity contribution is 6.37. The maximum Gasteiger partial charge on any atom is 0.341 e. The molecule has 5 atom stereocenters. The molecule has 1 aliphatic heterocycles. The highest BCUT2D eigenvalue weighted by atomic mass is 35.5. The van der Waals surface area contributed by atoms with E-state index in [9.17, 15) is 19.1 Å². The number of halogens is 2. The number of anilines is 1. The van der Waals surface area contributed by atoms with Crippen molar-refractivity contribution in [2.45, 2.75) is 31.1 Å². The Bertz CT molecular complexity index is 1120. The number of rotatable bonds is 3. The number of hydrogen-bond acceptors (Lipinski definition) is 5. The number of fused-ring (bicyclic) bond motifs is 2. The van der Waals surface area contributed by atoms with Gasteiger partial charge in [0.1, 0.15) is 22.6 Å². The zero-order chi connectivity index (χ0) is 20.4. The van der Waals surface area contributed by atoms with Crippen molar-refractivity contribution in [3.63, 3.8) is 0 Å². The Morgan fingerprint density at radius 1 is 1.38 bits per heavy atom. The van der Waals surface area contributed by atoms with Gasteiger partial charge in [-0.2, -0.15) is 0 Å². The largest absolute Gasteiger partial charge is 0.477 e. The van der Waals surface area contributed by atoms with Gasteiger partial charge in [0.25, 0.3) is 0 Å². The van der Waals surface area contributed by atoms with Crippen LogP contribution in [0, 0.1) is 11.8 Å². The first-order valence-electron chi connectivity index (χ1n) is 9.64. The number of aromatic carboxylic acids is 1. The van der Waals surface area contributed by atoms with E-state index in [1.807, 2.05) is 6.08 Å². The fourth-order valence-electron chi connectivity index (χ4n) is 4.68. The molecule has 0 aromatic carbocycles. The first kappa shape index (κ1) is 18.6. The monoisotopic (exact) mass is 418 g/mol. The van der Waals surface area contributed by atoms with E-state index in [2.05, 4.69) is 16.0 Å². The van der Waals surface area contributed by atoms with Crippen LogP contribution in [0.1, 0.15) is 29.2 Å². The molecule has 0 unspecified atom stereocenters. The Morgan fingerprint density at radius 2 is 2.14 bits per heavy atom. The summed E-state index contributed by atoms with van der Waals surface area (Å²) in [6.07, 6.45) is 6.81. The minimum Gasteiger partial charge on any atom is -0.477 e. The van der Waals surface area contributed by atoms with Crippen molar-refractivity contribution in [3.05, 3.63) is 45.4 Å². The lowest BCUT2D eigenvalue weighted by molar-refractivity contribution is 0.0694. The van der Waals surface area contributed by atoms with Crippen LogP contribution in [0.2, 0.25) is 5.02 Å². The van der Waals surface area contributed by atoms with Gasteiger partial charge in [0.05, 0.1) is 16.9 Å². The molecule has 2 aliphatic carbocycles. The lowest BCUT2D eigenvalue weighted by atomic mass is 9.83. The van der Waals surface area contributed by atoms with Gasteiger partial charge in [-0.05, 0) is 18.3 Å².